The molecule has 0 aliphatic carbocycles. The zero-order valence-corrected chi connectivity index (χ0v) is 12.6. The van der Waals surface area contributed by atoms with Gasteiger partial charge in [0.1, 0.15) is 0 Å². The topological polar surface area (TPSA) is 71.0 Å². The van der Waals surface area contributed by atoms with E-state index in [2.05, 4.69) is 20.3 Å². The highest BCUT2D eigenvalue weighted by molar-refractivity contribution is 6.20. The average Bonchev–Trinajstić information content (AvgIpc) is 3.32. The van der Waals surface area contributed by atoms with Gasteiger partial charge >= 0.3 is 0 Å². The third kappa shape index (κ3) is 2.63. The summed E-state index contributed by atoms with van der Waals surface area (Å²) in [4.78, 5) is 23.1. The molecule has 5 rings (SSSR count). The molecule has 5 heterocycles. The van der Waals surface area contributed by atoms with E-state index in [1.165, 1.54) is 0 Å². The van der Waals surface area contributed by atoms with E-state index in [1.54, 1.807) is 0 Å². The van der Waals surface area contributed by atoms with Crippen LogP contribution in [0.3, 0.4) is 0 Å². The first-order chi connectivity index (χ1) is 11.8. The van der Waals surface area contributed by atoms with Gasteiger partial charge in [0, 0.05) is 10.7 Å². The zero-order valence-electron chi connectivity index (χ0n) is 12.6. The average molecular weight is 318 g/mol. The van der Waals surface area contributed by atoms with E-state index in [-0.39, 0.29) is 12.5 Å². The van der Waals surface area contributed by atoms with Gasteiger partial charge < -0.3 is 4.98 Å². The number of fused-ring (bicyclic) bond motifs is 6. The lowest BCUT2D eigenvalue weighted by molar-refractivity contribution is -0.280. The van der Waals surface area contributed by atoms with Gasteiger partial charge in [-0.15, -0.1) is 0 Å². The molecule has 24 heavy (non-hydrogen) atoms. The van der Waals surface area contributed by atoms with Crippen LogP contribution in [0.2, 0.25) is 0 Å². The molecule has 4 aliphatic rings. The van der Waals surface area contributed by atoms with Crippen LogP contribution in [0.25, 0.3) is 12.2 Å². The van der Waals surface area contributed by atoms with Crippen LogP contribution < -0.4 is 16.0 Å². The first-order valence-electron chi connectivity index (χ1n) is 7.74. The van der Waals surface area contributed by atoms with E-state index in [1.807, 2.05) is 60.7 Å². The second-order valence-corrected chi connectivity index (χ2v) is 5.78. The van der Waals surface area contributed by atoms with Gasteiger partial charge in [0.15, 0.2) is 12.5 Å². The van der Waals surface area contributed by atoms with Crippen molar-refractivity contribution in [1.82, 2.24) is 10.3 Å². The molecule has 8 bridgehead atoms. The number of hydrogen-bond acceptors (Lipinski definition) is 5. The second kappa shape index (κ2) is 5.38. The Labute approximate surface area is 137 Å². The number of allylic oxidation sites excluding steroid dienone is 4. The molecule has 0 saturated carbocycles. The van der Waals surface area contributed by atoms with Crippen LogP contribution in [0.4, 0.5) is 0 Å². The fourth-order valence-electron chi connectivity index (χ4n) is 2.85. The molecule has 1 aromatic heterocycles. The van der Waals surface area contributed by atoms with Crippen LogP contribution in [-0.4, -0.2) is 28.9 Å². The lowest BCUT2D eigenvalue weighted by Gasteiger charge is -2.02. The van der Waals surface area contributed by atoms with Crippen LogP contribution in [0.15, 0.2) is 70.0 Å². The van der Waals surface area contributed by atoms with Crippen molar-refractivity contribution >= 4 is 23.6 Å². The molecule has 2 unspecified atom stereocenters. The maximum atomic E-state index is 5.29. The third-order valence-electron chi connectivity index (χ3n) is 3.94. The first kappa shape index (κ1) is 13.6. The van der Waals surface area contributed by atoms with Crippen LogP contribution in [-0.2, 0) is 9.78 Å². The summed E-state index contributed by atoms with van der Waals surface area (Å²) in [6.45, 7) is 0. The Balaban J connectivity index is 1.63. The fourth-order valence-corrected chi connectivity index (χ4v) is 2.85. The standard InChI is InChI=1S/C18H14N4O2/c1-2-12-8-14-4-6-16(21-14)10-18-22-17(23-24-18)9-15-5-3-13(20-15)7-11(1)19-12/h1-10,17-19,22H. The molecule has 1 saturated heterocycles. The maximum absolute atomic E-state index is 5.29. The predicted octanol–water partition coefficient (Wildman–Crippen LogP) is 0.582. The smallest absolute Gasteiger partial charge is 0.167 e. The van der Waals surface area contributed by atoms with Crippen molar-refractivity contribution in [3.05, 3.63) is 70.7 Å². The number of aromatic nitrogens is 1. The molecule has 2 N–H and O–H groups in total. The number of nitrogens with zero attached hydrogens (tertiary/aromatic N) is 2. The van der Waals surface area contributed by atoms with E-state index in [4.69, 9.17) is 9.78 Å². The van der Waals surface area contributed by atoms with Crippen molar-refractivity contribution < 1.29 is 9.78 Å². The number of rotatable bonds is 0. The van der Waals surface area contributed by atoms with Crippen molar-refractivity contribution in [2.45, 2.75) is 12.5 Å². The van der Waals surface area contributed by atoms with Crippen LogP contribution in [0.1, 0.15) is 0 Å². The molecule has 1 fully saturated rings. The molecule has 0 radical (unpaired) electrons. The number of nitrogens with one attached hydrogen (secondary N) is 2. The monoisotopic (exact) mass is 318 g/mol. The van der Waals surface area contributed by atoms with Crippen molar-refractivity contribution in [1.29, 1.82) is 0 Å². The van der Waals surface area contributed by atoms with Crippen LogP contribution in [0.5, 0.6) is 0 Å². The second-order valence-electron chi connectivity index (χ2n) is 5.78. The SMILES string of the molecule is C1=CC2=NC1=CC1NC(C=C3C=CC(=N3)C=c3ccc([nH]3)=C2)OO1. The molecule has 0 aromatic carbocycles. The third-order valence-corrected chi connectivity index (χ3v) is 3.94. The molecule has 118 valence electrons. The molecular formula is C18H14N4O2. The summed E-state index contributed by atoms with van der Waals surface area (Å²) < 4.78 is 0. The number of H-pyrrole nitrogens is 1. The Morgan fingerprint density at radius 3 is 1.83 bits per heavy atom. The van der Waals surface area contributed by atoms with Crippen LogP contribution >= 0.6 is 0 Å². The van der Waals surface area contributed by atoms with E-state index in [0.717, 1.165) is 33.5 Å². The van der Waals surface area contributed by atoms with E-state index < -0.39 is 0 Å². The van der Waals surface area contributed by atoms with Crippen molar-refractivity contribution in [3.63, 3.8) is 0 Å². The molecule has 1 aromatic rings. The summed E-state index contributed by atoms with van der Waals surface area (Å²) in [5, 5.41) is 5.20. The summed E-state index contributed by atoms with van der Waals surface area (Å²) >= 11 is 0. The molecule has 6 heteroatoms. The minimum absolute atomic E-state index is 0.347. The lowest BCUT2D eigenvalue weighted by atomic mass is 10.3. The van der Waals surface area contributed by atoms with Gasteiger partial charge in [0.05, 0.1) is 22.8 Å². The Hall–Kier alpha value is -2.80. The molecule has 4 aliphatic heterocycles. The van der Waals surface area contributed by atoms with E-state index >= 15 is 0 Å². The summed E-state index contributed by atoms with van der Waals surface area (Å²) in [6, 6.07) is 4.05. The summed E-state index contributed by atoms with van der Waals surface area (Å²) in [6.07, 6.45) is 14.9. The highest BCUT2D eigenvalue weighted by atomic mass is 17.2. The molecule has 0 amide bonds. The Kier molecular flexibility index (Phi) is 3.05. The van der Waals surface area contributed by atoms with Crippen molar-refractivity contribution in [3.8, 4) is 0 Å². The Morgan fingerprint density at radius 2 is 1.29 bits per heavy atom. The number of aromatic amines is 1. The highest BCUT2D eigenvalue weighted by Crippen LogP contribution is 2.17. The fraction of sp³-hybridized carbons (Fsp3) is 0.111. The van der Waals surface area contributed by atoms with Crippen molar-refractivity contribution in [2.75, 3.05) is 0 Å². The maximum Gasteiger partial charge on any atom is 0.167 e. The van der Waals surface area contributed by atoms with Crippen molar-refractivity contribution in [2.24, 2.45) is 9.98 Å². The van der Waals surface area contributed by atoms with Gasteiger partial charge in [-0.3, -0.25) is 5.32 Å². The quantitative estimate of drug-likeness (QED) is 0.688. The number of aliphatic imine (C=N–C) groups is 2. The lowest BCUT2D eigenvalue weighted by Crippen LogP contribution is -2.27. The van der Waals surface area contributed by atoms with Gasteiger partial charge in [-0.2, -0.15) is 0 Å². The minimum atomic E-state index is -0.347. The Morgan fingerprint density at radius 1 is 0.750 bits per heavy atom. The van der Waals surface area contributed by atoms with Gasteiger partial charge in [-0.1, -0.05) is 0 Å². The van der Waals surface area contributed by atoms with E-state index in [9.17, 15) is 0 Å². The molecule has 6 nitrogen and oxygen atoms in total. The van der Waals surface area contributed by atoms with Gasteiger partial charge in [0.25, 0.3) is 0 Å². The van der Waals surface area contributed by atoms with Gasteiger partial charge in [-0.25, -0.2) is 19.8 Å². The van der Waals surface area contributed by atoms with E-state index in [0.29, 0.717) is 0 Å². The van der Waals surface area contributed by atoms with Gasteiger partial charge in [-0.05, 0) is 60.7 Å². The Bertz CT molecular complexity index is 926. The number of hydrogen-bond donors (Lipinski definition) is 2. The molecular weight excluding hydrogens is 304 g/mol. The first-order valence-corrected chi connectivity index (χ1v) is 7.74. The largest absolute Gasteiger partial charge is 0.355 e. The predicted molar refractivity (Wildman–Crippen MR) is 91.2 cm³/mol. The normalized spacial score (nSPS) is 27.2. The molecule has 2 atom stereocenters. The minimum Gasteiger partial charge on any atom is -0.355 e. The van der Waals surface area contributed by atoms with Gasteiger partial charge in [0.2, 0.25) is 0 Å². The molecule has 0 spiro atoms. The summed E-state index contributed by atoms with van der Waals surface area (Å²) in [7, 11) is 0. The summed E-state index contributed by atoms with van der Waals surface area (Å²) in [5.74, 6) is 0. The van der Waals surface area contributed by atoms with Crippen LogP contribution in [0, 0.1) is 0 Å². The highest BCUT2D eigenvalue weighted by Gasteiger charge is 2.24. The summed E-state index contributed by atoms with van der Waals surface area (Å²) in [5.41, 5.74) is 3.44. The zero-order chi connectivity index (χ0) is 15.9.